The molecule has 9 heteroatoms. The minimum absolute atomic E-state index is 0.00284. The Morgan fingerprint density at radius 1 is 1.16 bits per heavy atom. The molecule has 0 spiro atoms. The van der Waals surface area contributed by atoms with E-state index in [1.165, 1.54) is 4.90 Å². The molecule has 6 nitrogen and oxygen atoms in total. The number of halogens is 3. The van der Waals surface area contributed by atoms with E-state index in [0.717, 1.165) is 16.0 Å². The number of phenolic OH excluding ortho intramolecular Hbond substituents is 1. The summed E-state index contributed by atoms with van der Waals surface area (Å²) in [6.45, 7) is 0.394. The van der Waals surface area contributed by atoms with E-state index in [1.807, 2.05) is 0 Å². The maximum Gasteiger partial charge on any atom is 0.471 e. The average Bonchev–Trinajstić information content (AvgIpc) is 3.14. The van der Waals surface area contributed by atoms with Crippen LogP contribution in [0.3, 0.4) is 0 Å². The van der Waals surface area contributed by atoms with Crippen LogP contribution in [-0.2, 0) is 16.6 Å². The first-order valence-electron chi connectivity index (χ1n) is 10.8. The van der Waals surface area contributed by atoms with E-state index >= 15 is 0 Å². The molecule has 166 valence electrons. The van der Waals surface area contributed by atoms with Crippen LogP contribution >= 0.6 is 0 Å². The maximum absolute atomic E-state index is 13.5. The molecule has 2 amide bonds. The summed E-state index contributed by atoms with van der Waals surface area (Å²) in [6, 6.07) is 4.32. The van der Waals surface area contributed by atoms with Crippen LogP contribution in [0.1, 0.15) is 36.8 Å². The molecule has 2 saturated heterocycles. The van der Waals surface area contributed by atoms with Gasteiger partial charge in [-0.15, -0.1) is 0 Å². The third-order valence-corrected chi connectivity index (χ3v) is 9.22. The number of fused-ring (bicyclic) bond motifs is 1. The highest BCUT2D eigenvalue weighted by molar-refractivity contribution is 5.83. The van der Waals surface area contributed by atoms with Gasteiger partial charge in [0.05, 0.1) is 0 Å². The van der Waals surface area contributed by atoms with Crippen molar-refractivity contribution in [3.05, 3.63) is 29.3 Å². The first-order valence-corrected chi connectivity index (χ1v) is 10.8. The smallest absolute Gasteiger partial charge is 0.471 e. The fraction of sp³-hybridized carbons (Fsp3) is 0.636. The van der Waals surface area contributed by atoms with Crippen LogP contribution in [-0.4, -0.2) is 63.4 Å². The Morgan fingerprint density at radius 3 is 2.65 bits per heavy atom. The van der Waals surface area contributed by atoms with Gasteiger partial charge < -0.3 is 20.0 Å². The highest BCUT2D eigenvalue weighted by atomic mass is 19.4. The molecule has 3 aliphatic carbocycles. The number of carbonyl (C=O) groups is 2. The average molecular weight is 436 g/mol. The molecule has 2 saturated carbocycles. The van der Waals surface area contributed by atoms with Crippen molar-refractivity contribution >= 4 is 12.0 Å². The van der Waals surface area contributed by atoms with Gasteiger partial charge in [0.25, 0.3) is 0 Å². The Balaban J connectivity index is 1.56. The molecule has 5 aliphatic rings. The van der Waals surface area contributed by atoms with Gasteiger partial charge in [0.1, 0.15) is 5.75 Å². The van der Waals surface area contributed by atoms with Crippen molar-refractivity contribution < 1.29 is 33.0 Å². The predicted molar refractivity (Wildman–Crippen MR) is 101 cm³/mol. The molecule has 6 atom stereocenters. The van der Waals surface area contributed by atoms with Crippen molar-refractivity contribution in [2.24, 2.45) is 17.3 Å². The molecule has 31 heavy (non-hydrogen) atoms. The standard InChI is InChI=1S/C22H23F3N2O4/c23-22(24,25)18(29)26-6-5-21-14-8-13(28)2-1-11(14)7-16(26)20(21)4-3-15-17(21)12(9-20)10-27(15)19(30)31/h1-2,8,12,15-17,28H,3-7,9-10H2,(H,30,31)/t12-,15-,16-,17-,20-,21+/m1/s1. The van der Waals surface area contributed by atoms with Gasteiger partial charge in [0.15, 0.2) is 0 Å². The molecule has 0 unspecified atom stereocenters. The van der Waals surface area contributed by atoms with E-state index in [-0.39, 0.29) is 30.2 Å². The van der Waals surface area contributed by atoms with E-state index in [2.05, 4.69) is 0 Å². The predicted octanol–water partition coefficient (Wildman–Crippen LogP) is 3.13. The van der Waals surface area contributed by atoms with Crippen LogP contribution < -0.4 is 0 Å². The van der Waals surface area contributed by atoms with Gasteiger partial charge in [-0.25, -0.2) is 4.79 Å². The maximum atomic E-state index is 13.5. The summed E-state index contributed by atoms with van der Waals surface area (Å²) in [7, 11) is 0. The molecule has 1 aromatic rings. The molecular formula is C22H23F3N2O4. The quantitative estimate of drug-likeness (QED) is 0.655. The zero-order valence-electron chi connectivity index (χ0n) is 16.7. The molecule has 2 N–H and O–H groups in total. The van der Waals surface area contributed by atoms with Gasteiger partial charge in [-0.05, 0) is 67.2 Å². The topological polar surface area (TPSA) is 81.1 Å². The summed E-state index contributed by atoms with van der Waals surface area (Å²) in [5, 5.41) is 20.0. The van der Waals surface area contributed by atoms with Crippen LogP contribution in [0.15, 0.2) is 18.2 Å². The number of piperidine rings is 1. The third kappa shape index (κ3) is 2.10. The van der Waals surface area contributed by atoms with Crippen molar-refractivity contribution in [3.63, 3.8) is 0 Å². The van der Waals surface area contributed by atoms with Crippen LogP contribution in [0.25, 0.3) is 0 Å². The van der Waals surface area contributed by atoms with Crippen molar-refractivity contribution in [1.29, 1.82) is 0 Å². The normalized spacial score (nSPS) is 39.8. The number of amides is 2. The lowest BCUT2D eigenvalue weighted by Crippen LogP contribution is -2.71. The number of phenols is 1. The van der Waals surface area contributed by atoms with E-state index in [9.17, 15) is 33.0 Å². The lowest BCUT2D eigenvalue weighted by atomic mass is 9.43. The first kappa shape index (κ1) is 19.3. The van der Waals surface area contributed by atoms with Crippen molar-refractivity contribution in [2.75, 3.05) is 13.1 Å². The van der Waals surface area contributed by atoms with Gasteiger partial charge in [-0.1, -0.05) is 6.07 Å². The lowest BCUT2D eigenvalue weighted by molar-refractivity contribution is -0.199. The van der Waals surface area contributed by atoms with Crippen LogP contribution in [0.2, 0.25) is 0 Å². The number of likely N-dealkylation sites (tertiary alicyclic amines) is 2. The summed E-state index contributed by atoms with van der Waals surface area (Å²) >= 11 is 0. The van der Waals surface area contributed by atoms with Crippen LogP contribution in [0.4, 0.5) is 18.0 Å². The zero-order valence-corrected chi connectivity index (χ0v) is 16.7. The first-order chi connectivity index (χ1) is 14.6. The summed E-state index contributed by atoms with van der Waals surface area (Å²) in [6.07, 6.45) is -3.34. The Hall–Kier alpha value is -2.45. The highest BCUT2D eigenvalue weighted by Gasteiger charge is 2.77. The second-order valence-electron chi connectivity index (χ2n) is 9.97. The lowest BCUT2D eigenvalue weighted by Gasteiger charge is -2.66. The van der Waals surface area contributed by atoms with E-state index in [4.69, 9.17) is 0 Å². The Morgan fingerprint density at radius 2 is 1.94 bits per heavy atom. The summed E-state index contributed by atoms with van der Waals surface area (Å²) in [4.78, 5) is 26.9. The number of benzene rings is 1. The highest BCUT2D eigenvalue weighted by Crippen LogP contribution is 2.75. The fourth-order valence-corrected chi connectivity index (χ4v) is 8.63. The molecule has 6 rings (SSSR count). The largest absolute Gasteiger partial charge is 0.508 e. The number of carboxylic acid groups (broad SMARTS) is 1. The number of carbonyl (C=O) groups excluding carboxylic acids is 1. The second kappa shape index (κ2) is 5.66. The van der Waals surface area contributed by atoms with Crippen LogP contribution in [0.5, 0.6) is 5.75 Å². The number of hydrogen-bond acceptors (Lipinski definition) is 3. The van der Waals surface area contributed by atoms with Gasteiger partial charge in [-0.2, -0.15) is 13.2 Å². The molecule has 2 aliphatic heterocycles. The monoisotopic (exact) mass is 436 g/mol. The van der Waals surface area contributed by atoms with Gasteiger partial charge in [-0.3, -0.25) is 4.79 Å². The number of nitrogens with zero attached hydrogens (tertiary/aromatic N) is 2. The number of rotatable bonds is 0. The molecule has 0 radical (unpaired) electrons. The summed E-state index contributed by atoms with van der Waals surface area (Å²) in [5.41, 5.74) is 0.813. The van der Waals surface area contributed by atoms with E-state index < -0.39 is 35.0 Å². The zero-order chi connectivity index (χ0) is 21.9. The minimum Gasteiger partial charge on any atom is -0.508 e. The Kier molecular flexibility index (Phi) is 3.52. The minimum atomic E-state index is -4.92. The Labute approximate surface area is 176 Å². The molecular weight excluding hydrogens is 413 g/mol. The van der Waals surface area contributed by atoms with Crippen LogP contribution in [0, 0.1) is 17.3 Å². The second-order valence-corrected chi connectivity index (χ2v) is 9.97. The van der Waals surface area contributed by atoms with Gasteiger partial charge in [0.2, 0.25) is 0 Å². The van der Waals surface area contributed by atoms with Gasteiger partial charge >= 0.3 is 18.2 Å². The molecule has 4 bridgehead atoms. The van der Waals surface area contributed by atoms with Crippen molar-refractivity contribution in [3.8, 4) is 5.75 Å². The summed E-state index contributed by atoms with van der Waals surface area (Å²) in [5.74, 6) is -1.60. The van der Waals surface area contributed by atoms with Crippen molar-refractivity contribution in [2.45, 2.75) is 55.8 Å². The molecule has 1 aromatic carbocycles. The van der Waals surface area contributed by atoms with E-state index in [0.29, 0.717) is 38.6 Å². The summed E-state index contributed by atoms with van der Waals surface area (Å²) < 4.78 is 40.4. The third-order valence-electron chi connectivity index (χ3n) is 9.22. The Bertz CT molecular complexity index is 1010. The molecule has 0 aromatic heterocycles. The van der Waals surface area contributed by atoms with Gasteiger partial charge in [0, 0.05) is 36.0 Å². The van der Waals surface area contributed by atoms with Crippen molar-refractivity contribution in [1.82, 2.24) is 9.80 Å². The number of hydrogen-bond donors (Lipinski definition) is 2. The number of alkyl halides is 3. The SMILES string of the molecule is O=C(O)N1C[C@H]2C[C@@]34CC[C@@H]1[C@@H]2[C@@]31CCN(C(=O)C(F)(F)F)[C@@H]4Cc2ccc(O)cc21. The molecule has 2 heterocycles. The number of aromatic hydroxyl groups is 1. The van der Waals surface area contributed by atoms with E-state index in [1.54, 1.807) is 18.2 Å². The molecule has 4 fully saturated rings. The fourth-order valence-electron chi connectivity index (χ4n) is 8.63.